The highest BCUT2D eigenvalue weighted by atomic mass is 35.5. The SMILES string of the molecule is CCc1c(N)ncnc1NC1=CC(Cl)=C2C(=O)NC3(CCCCC3)N2C1O. The number of rotatable bonds is 3. The topological polar surface area (TPSA) is 116 Å². The van der Waals surface area contributed by atoms with Crippen LogP contribution in [-0.4, -0.2) is 37.8 Å². The molecule has 1 spiro atoms. The van der Waals surface area contributed by atoms with E-state index in [4.69, 9.17) is 17.3 Å². The predicted octanol–water partition coefficient (Wildman–Crippen LogP) is 1.79. The van der Waals surface area contributed by atoms with Crippen molar-refractivity contribution in [3.63, 3.8) is 0 Å². The van der Waals surface area contributed by atoms with Crippen LogP contribution in [0.5, 0.6) is 0 Å². The number of aromatic nitrogens is 2. The number of halogens is 1. The van der Waals surface area contributed by atoms with Gasteiger partial charge in [0.15, 0.2) is 6.23 Å². The summed E-state index contributed by atoms with van der Waals surface area (Å²) >= 11 is 6.44. The maximum Gasteiger partial charge on any atom is 0.271 e. The van der Waals surface area contributed by atoms with Crippen molar-refractivity contribution >= 4 is 29.1 Å². The van der Waals surface area contributed by atoms with Crippen LogP contribution in [0.1, 0.15) is 44.6 Å². The second kappa shape index (κ2) is 6.69. The Balaban J connectivity index is 1.72. The number of hydrogen-bond acceptors (Lipinski definition) is 7. The molecule has 0 bridgehead atoms. The van der Waals surface area contributed by atoms with E-state index >= 15 is 0 Å². The van der Waals surface area contributed by atoms with Crippen molar-refractivity contribution in [2.45, 2.75) is 57.3 Å². The van der Waals surface area contributed by atoms with Crippen LogP contribution in [0.3, 0.4) is 0 Å². The van der Waals surface area contributed by atoms with Crippen molar-refractivity contribution in [2.75, 3.05) is 11.1 Å². The molecule has 9 heteroatoms. The number of nitrogen functional groups attached to an aromatic ring is 1. The number of nitrogens with zero attached hydrogens (tertiary/aromatic N) is 3. The summed E-state index contributed by atoms with van der Waals surface area (Å²) in [7, 11) is 0. The van der Waals surface area contributed by atoms with Crippen LogP contribution in [0.2, 0.25) is 0 Å². The second-order valence-electron chi connectivity index (χ2n) is 7.15. The van der Waals surface area contributed by atoms with Gasteiger partial charge in [0, 0.05) is 5.56 Å². The van der Waals surface area contributed by atoms with Gasteiger partial charge in [0.1, 0.15) is 29.3 Å². The minimum Gasteiger partial charge on any atom is -0.383 e. The maximum absolute atomic E-state index is 12.6. The number of allylic oxidation sites excluding steroid dienone is 2. The third-order valence-electron chi connectivity index (χ3n) is 5.57. The zero-order valence-corrected chi connectivity index (χ0v) is 15.9. The van der Waals surface area contributed by atoms with Gasteiger partial charge < -0.3 is 26.4 Å². The lowest BCUT2D eigenvalue weighted by atomic mass is 9.87. The summed E-state index contributed by atoms with van der Waals surface area (Å²) in [5.74, 6) is 0.682. The fraction of sp³-hybridized carbons (Fsp3) is 0.500. The Hall–Kier alpha value is -2.32. The third kappa shape index (κ3) is 2.83. The molecule has 1 amide bonds. The smallest absolute Gasteiger partial charge is 0.271 e. The molecule has 4 rings (SSSR count). The van der Waals surface area contributed by atoms with Gasteiger partial charge in [-0.15, -0.1) is 0 Å². The van der Waals surface area contributed by atoms with Gasteiger partial charge in [-0.1, -0.05) is 24.9 Å². The van der Waals surface area contributed by atoms with E-state index in [0.717, 1.165) is 37.7 Å². The highest BCUT2D eigenvalue weighted by Crippen LogP contribution is 2.44. The van der Waals surface area contributed by atoms with Gasteiger partial charge in [-0.3, -0.25) is 4.79 Å². The first-order valence-electron chi connectivity index (χ1n) is 9.24. The van der Waals surface area contributed by atoms with Gasteiger partial charge in [0.2, 0.25) is 0 Å². The van der Waals surface area contributed by atoms with Crippen molar-refractivity contribution in [2.24, 2.45) is 0 Å². The number of hydrogen-bond donors (Lipinski definition) is 4. The molecule has 144 valence electrons. The average Bonchev–Trinajstić information content (AvgIpc) is 2.92. The minimum atomic E-state index is -1.04. The molecule has 1 saturated carbocycles. The molecule has 1 aromatic heterocycles. The molecule has 1 aromatic rings. The van der Waals surface area contributed by atoms with E-state index in [9.17, 15) is 9.90 Å². The van der Waals surface area contributed by atoms with Crippen LogP contribution >= 0.6 is 11.6 Å². The maximum atomic E-state index is 12.6. The molecule has 0 aromatic carbocycles. The molecule has 0 radical (unpaired) electrons. The highest BCUT2D eigenvalue weighted by Gasteiger charge is 2.53. The van der Waals surface area contributed by atoms with Gasteiger partial charge in [0.05, 0.1) is 10.7 Å². The summed E-state index contributed by atoms with van der Waals surface area (Å²) in [6.07, 6.45) is 7.20. The van der Waals surface area contributed by atoms with Crippen molar-refractivity contribution in [1.29, 1.82) is 0 Å². The third-order valence-corrected chi connectivity index (χ3v) is 5.86. The zero-order valence-electron chi connectivity index (χ0n) is 15.1. The number of carbonyl (C=O) groups excluding carboxylic acids is 1. The summed E-state index contributed by atoms with van der Waals surface area (Å²) in [5.41, 5.74) is 6.90. The number of carbonyl (C=O) groups is 1. The molecule has 27 heavy (non-hydrogen) atoms. The van der Waals surface area contributed by atoms with E-state index in [0.29, 0.717) is 34.5 Å². The molecular formula is C18H23ClN6O2. The van der Waals surface area contributed by atoms with Crippen LogP contribution < -0.4 is 16.4 Å². The van der Waals surface area contributed by atoms with E-state index in [1.165, 1.54) is 6.33 Å². The van der Waals surface area contributed by atoms with Gasteiger partial charge >= 0.3 is 0 Å². The molecule has 8 nitrogen and oxygen atoms in total. The Morgan fingerprint density at radius 2 is 2.15 bits per heavy atom. The summed E-state index contributed by atoms with van der Waals surface area (Å²) in [6.45, 7) is 1.96. The number of fused-ring (bicyclic) bond motifs is 2. The van der Waals surface area contributed by atoms with Crippen molar-refractivity contribution in [1.82, 2.24) is 20.2 Å². The molecule has 2 aliphatic heterocycles. The van der Waals surface area contributed by atoms with Gasteiger partial charge in [-0.05, 0) is 38.2 Å². The molecule has 3 heterocycles. The zero-order chi connectivity index (χ0) is 19.2. The normalized spacial score (nSPS) is 24.0. The second-order valence-corrected chi connectivity index (χ2v) is 7.56. The summed E-state index contributed by atoms with van der Waals surface area (Å²) in [4.78, 5) is 22.6. The molecule has 1 aliphatic carbocycles. The predicted molar refractivity (Wildman–Crippen MR) is 102 cm³/mol. The number of nitrogens with one attached hydrogen (secondary N) is 2. The molecular weight excluding hydrogens is 368 g/mol. The van der Waals surface area contributed by atoms with E-state index < -0.39 is 11.9 Å². The monoisotopic (exact) mass is 390 g/mol. The molecule has 1 saturated heterocycles. The average molecular weight is 391 g/mol. The Bertz CT molecular complexity index is 846. The fourth-order valence-electron chi connectivity index (χ4n) is 4.27. The minimum absolute atomic E-state index is 0.239. The lowest BCUT2D eigenvalue weighted by Gasteiger charge is -2.45. The Morgan fingerprint density at radius 3 is 2.85 bits per heavy atom. The summed E-state index contributed by atoms with van der Waals surface area (Å²) in [5, 5.41) is 17.6. The summed E-state index contributed by atoms with van der Waals surface area (Å²) in [6, 6.07) is 0. The summed E-state index contributed by atoms with van der Waals surface area (Å²) < 4.78 is 0. The van der Waals surface area contributed by atoms with Crippen LogP contribution in [0.4, 0.5) is 11.6 Å². The first kappa shape index (κ1) is 18.1. The number of anilines is 2. The van der Waals surface area contributed by atoms with Crippen molar-refractivity contribution in [3.8, 4) is 0 Å². The Labute approximate surface area is 162 Å². The van der Waals surface area contributed by atoms with Crippen LogP contribution in [0.25, 0.3) is 0 Å². The van der Waals surface area contributed by atoms with Crippen LogP contribution in [-0.2, 0) is 11.2 Å². The molecule has 2 fully saturated rings. The van der Waals surface area contributed by atoms with E-state index in [1.54, 1.807) is 11.0 Å². The molecule has 1 atom stereocenters. The quantitative estimate of drug-likeness (QED) is 0.621. The van der Waals surface area contributed by atoms with E-state index in [-0.39, 0.29) is 5.91 Å². The number of amides is 1. The van der Waals surface area contributed by atoms with Gasteiger partial charge in [-0.25, -0.2) is 9.97 Å². The highest BCUT2D eigenvalue weighted by molar-refractivity contribution is 6.33. The van der Waals surface area contributed by atoms with Crippen LogP contribution in [0, 0.1) is 0 Å². The Kier molecular flexibility index (Phi) is 4.47. The van der Waals surface area contributed by atoms with Gasteiger partial charge in [0.25, 0.3) is 5.91 Å². The molecule has 1 unspecified atom stereocenters. The molecule has 3 aliphatic rings. The lowest BCUT2D eigenvalue weighted by molar-refractivity contribution is -0.117. The van der Waals surface area contributed by atoms with Crippen LogP contribution in [0.15, 0.2) is 28.8 Å². The van der Waals surface area contributed by atoms with Crippen molar-refractivity contribution < 1.29 is 9.90 Å². The molecule has 5 N–H and O–H groups in total. The lowest BCUT2D eigenvalue weighted by Crippen LogP contribution is -2.57. The first-order valence-corrected chi connectivity index (χ1v) is 9.62. The number of nitrogens with two attached hydrogens (primary N) is 1. The van der Waals surface area contributed by atoms with E-state index in [2.05, 4.69) is 20.6 Å². The van der Waals surface area contributed by atoms with Gasteiger partial charge in [-0.2, -0.15) is 0 Å². The fourth-order valence-corrected chi connectivity index (χ4v) is 4.57. The first-order chi connectivity index (χ1) is 13.0. The Morgan fingerprint density at radius 1 is 1.41 bits per heavy atom. The number of aliphatic hydroxyl groups is 1. The largest absolute Gasteiger partial charge is 0.383 e. The van der Waals surface area contributed by atoms with E-state index in [1.807, 2.05) is 6.92 Å². The standard InChI is InChI=1S/C18H23ClN6O2/c1-2-10-14(20)21-9-22-15(10)23-12-8-11(19)13-16(26)24-18(25(13)17(12)27)6-4-3-5-7-18/h8-9,17,27H,2-7H2,1H3,(H,24,26)(H3,20,21,22,23). The number of aliphatic hydroxyl groups excluding tert-OH is 1. The van der Waals surface area contributed by atoms with Crippen molar-refractivity contribution in [3.05, 3.63) is 34.4 Å².